The lowest BCUT2D eigenvalue weighted by Crippen LogP contribution is -2.59. The predicted octanol–water partition coefficient (Wildman–Crippen LogP) is 3.91. The second-order valence-corrected chi connectivity index (χ2v) is 13.0. The smallest absolute Gasteiger partial charge is 0.192 e. The molecule has 1 aromatic rings. The van der Waals surface area contributed by atoms with Crippen molar-refractivity contribution in [3.8, 4) is 0 Å². The first-order valence-electron chi connectivity index (χ1n) is 8.30. The lowest BCUT2D eigenvalue weighted by Gasteiger charge is -2.48. The van der Waals surface area contributed by atoms with E-state index in [1.54, 1.807) is 0 Å². The molecule has 1 aliphatic heterocycles. The molecule has 1 saturated heterocycles. The molecule has 0 aromatic heterocycles. The minimum absolute atomic E-state index is 0.252. The summed E-state index contributed by atoms with van der Waals surface area (Å²) in [5.74, 6) is 0. The molecule has 0 radical (unpaired) electrons. The number of hydrogen-bond donors (Lipinski definition) is 1. The minimum atomic E-state index is -1.72. The predicted molar refractivity (Wildman–Crippen MR) is 96.2 cm³/mol. The van der Waals surface area contributed by atoms with Crippen molar-refractivity contribution in [2.75, 3.05) is 13.6 Å². The zero-order chi connectivity index (χ0) is 16.6. The van der Waals surface area contributed by atoms with Gasteiger partial charge in [0.05, 0.1) is 11.8 Å². The van der Waals surface area contributed by atoms with E-state index in [0.29, 0.717) is 6.10 Å². The number of benzene rings is 1. The van der Waals surface area contributed by atoms with Gasteiger partial charge in [-0.2, -0.15) is 0 Å². The molecule has 0 saturated carbocycles. The van der Waals surface area contributed by atoms with Gasteiger partial charge in [0.1, 0.15) is 0 Å². The molecule has 2 N–H and O–H groups in total. The normalized spacial score (nSPS) is 27.9. The Morgan fingerprint density at radius 1 is 1.23 bits per heavy atom. The number of likely N-dealkylation sites (tertiary alicyclic amines) is 1. The van der Waals surface area contributed by atoms with Crippen molar-refractivity contribution >= 4 is 8.32 Å². The maximum atomic E-state index is 6.72. The van der Waals surface area contributed by atoms with E-state index in [4.69, 9.17) is 10.2 Å². The molecule has 1 fully saturated rings. The highest BCUT2D eigenvalue weighted by Gasteiger charge is 2.43. The van der Waals surface area contributed by atoms with Crippen molar-refractivity contribution in [2.45, 2.75) is 63.5 Å². The van der Waals surface area contributed by atoms with Crippen LogP contribution in [-0.2, 0) is 10.1 Å². The lowest BCUT2D eigenvalue weighted by atomic mass is 9.88. The first-order chi connectivity index (χ1) is 10.1. The summed E-state index contributed by atoms with van der Waals surface area (Å²) < 4.78 is 6.58. The van der Waals surface area contributed by atoms with Gasteiger partial charge in [-0.05, 0) is 43.6 Å². The monoisotopic (exact) mass is 320 g/mol. The standard InChI is InChI=1S/C18H32N2OSi/c1-17(2,3)22(5,6)21-16-12-13-18(19,20(4)14-16)15-10-8-7-9-11-15/h7-11,16H,12-14,19H2,1-6H3. The summed E-state index contributed by atoms with van der Waals surface area (Å²) in [6, 6.07) is 10.4. The number of piperidine rings is 1. The largest absolute Gasteiger partial charge is 0.413 e. The van der Waals surface area contributed by atoms with E-state index < -0.39 is 8.32 Å². The number of rotatable bonds is 3. The van der Waals surface area contributed by atoms with Gasteiger partial charge in [-0.15, -0.1) is 0 Å². The first kappa shape index (κ1) is 17.7. The van der Waals surface area contributed by atoms with Crippen LogP contribution in [-0.4, -0.2) is 32.9 Å². The van der Waals surface area contributed by atoms with E-state index in [0.717, 1.165) is 19.4 Å². The van der Waals surface area contributed by atoms with Gasteiger partial charge in [-0.1, -0.05) is 51.1 Å². The van der Waals surface area contributed by atoms with Crippen molar-refractivity contribution < 1.29 is 4.43 Å². The van der Waals surface area contributed by atoms with Gasteiger partial charge in [-0.25, -0.2) is 0 Å². The topological polar surface area (TPSA) is 38.5 Å². The third-order valence-electron chi connectivity index (χ3n) is 5.55. The Morgan fingerprint density at radius 3 is 2.32 bits per heavy atom. The second-order valence-electron chi connectivity index (χ2n) is 8.21. The van der Waals surface area contributed by atoms with Crippen molar-refractivity contribution in [3.63, 3.8) is 0 Å². The molecule has 1 aliphatic rings. The highest BCUT2D eigenvalue weighted by atomic mass is 28.4. The van der Waals surface area contributed by atoms with Crippen LogP contribution in [0.2, 0.25) is 18.1 Å². The van der Waals surface area contributed by atoms with Crippen LogP contribution in [0.1, 0.15) is 39.2 Å². The number of nitrogens with zero attached hydrogens (tertiary/aromatic N) is 1. The van der Waals surface area contributed by atoms with Gasteiger partial charge in [0.25, 0.3) is 0 Å². The quantitative estimate of drug-likeness (QED) is 0.858. The molecule has 2 unspecified atom stereocenters. The summed E-state index contributed by atoms with van der Waals surface area (Å²) in [5.41, 5.74) is 7.55. The number of hydrogen-bond acceptors (Lipinski definition) is 3. The van der Waals surface area contributed by atoms with Crippen LogP contribution in [0.25, 0.3) is 0 Å². The van der Waals surface area contributed by atoms with E-state index in [2.05, 4.69) is 70.1 Å². The molecule has 22 heavy (non-hydrogen) atoms. The van der Waals surface area contributed by atoms with Crippen molar-refractivity contribution in [3.05, 3.63) is 35.9 Å². The molecule has 124 valence electrons. The SMILES string of the molecule is CN1CC(O[Si](C)(C)C(C)(C)C)CCC1(N)c1ccccc1. The molecular formula is C18H32N2OSi. The van der Waals surface area contributed by atoms with Crippen LogP contribution in [0.3, 0.4) is 0 Å². The fraction of sp³-hybridized carbons (Fsp3) is 0.667. The fourth-order valence-electron chi connectivity index (χ4n) is 2.91. The Kier molecular flexibility index (Phi) is 4.88. The Balaban J connectivity index is 2.08. The Hall–Kier alpha value is -0.683. The lowest BCUT2D eigenvalue weighted by molar-refractivity contribution is 0.000167. The molecule has 0 aliphatic carbocycles. The molecule has 2 rings (SSSR count). The van der Waals surface area contributed by atoms with Crippen molar-refractivity contribution in [1.82, 2.24) is 4.90 Å². The van der Waals surface area contributed by atoms with Gasteiger partial charge in [0.15, 0.2) is 8.32 Å². The van der Waals surface area contributed by atoms with Gasteiger partial charge in [0, 0.05) is 6.54 Å². The molecule has 4 heteroatoms. The molecule has 1 aromatic carbocycles. The van der Waals surface area contributed by atoms with E-state index >= 15 is 0 Å². The summed E-state index contributed by atoms with van der Waals surface area (Å²) in [6.07, 6.45) is 2.26. The summed E-state index contributed by atoms with van der Waals surface area (Å²) >= 11 is 0. The van der Waals surface area contributed by atoms with E-state index in [-0.39, 0.29) is 10.7 Å². The van der Waals surface area contributed by atoms with Crippen LogP contribution < -0.4 is 5.73 Å². The minimum Gasteiger partial charge on any atom is -0.413 e. The molecule has 0 bridgehead atoms. The van der Waals surface area contributed by atoms with Crippen LogP contribution >= 0.6 is 0 Å². The van der Waals surface area contributed by atoms with Crippen LogP contribution in [0.5, 0.6) is 0 Å². The molecule has 2 atom stereocenters. The van der Waals surface area contributed by atoms with Crippen molar-refractivity contribution in [2.24, 2.45) is 5.73 Å². The Morgan fingerprint density at radius 2 is 1.82 bits per heavy atom. The molecular weight excluding hydrogens is 288 g/mol. The second kappa shape index (κ2) is 6.08. The molecule has 0 amide bonds. The Bertz CT molecular complexity index is 498. The molecule has 3 nitrogen and oxygen atoms in total. The van der Waals surface area contributed by atoms with Gasteiger partial charge < -0.3 is 10.2 Å². The average Bonchev–Trinajstić information content (AvgIpc) is 2.42. The maximum absolute atomic E-state index is 6.72. The number of nitrogens with two attached hydrogens (primary N) is 1. The molecule has 0 spiro atoms. The number of likely N-dealkylation sites (N-methyl/N-ethyl adjacent to an activating group) is 1. The zero-order valence-electron chi connectivity index (χ0n) is 15.0. The Labute approximate surface area is 137 Å². The van der Waals surface area contributed by atoms with Crippen LogP contribution in [0, 0.1) is 0 Å². The van der Waals surface area contributed by atoms with E-state index in [1.165, 1.54) is 5.56 Å². The molecule has 1 heterocycles. The van der Waals surface area contributed by atoms with E-state index in [9.17, 15) is 0 Å². The van der Waals surface area contributed by atoms with Gasteiger partial charge >= 0.3 is 0 Å². The van der Waals surface area contributed by atoms with Crippen LogP contribution in [0.15, 0.2) is 30.3 Å². The zero-order valence-corrected chi connectivity index (χ0v) is 16.0. The highest BCUT2D eigenvalue weighted by Crippen LogP contribution is 2.40. The van der Waals surface area contributed by atoms with Gasteiger partial charge in [0.2, 0.25) is 0 Å². The summed E-state index contributed by atoms with van der Waals surface area (Å²) in [4.78, 5) is 2.27. The third kappa shape index (κ3) is 3.45. The summed E-state index contributed by atoms with van der Waals surface area (Å²) in [6.45, 7) is 12.4. The van der Waals surface area contributed by atoms with Crippen molar-refractivity contribution in [1.29, 1.82) is 0 Å². The fourth-order valence-corrected chi connectivity index (χ4v) is 4.29. The maximum Gasteiger partial charge on any atom is 0.192 e. The van der Waals surface area contributed by atoms with Crippen LogP contribution in [0.4, 0.5) is 0 Å². The van der Waals surface area contributed by atoms with E-state index in [1.807, 2.05) is 6.07 Å². The third-order valence-corrected chi connectivity index (χ3v) is 10.1. The average molecular weight is 321 g/mol. The summed E-state index contributed by atoms with van der Waals surface area (Å²) in [5, 5.41) is 0.252. The highest BCUT2D eigenvalue weighted by molar-refractivity contribution is 6.74. The summed E-state index contributed by atoms with van der Waals surface area (Å²) in [7, 11) is 0.404. The van der Waals surface area contributed by atoms with Gasteiger partial charge in [-0.3, -0.25) is 4.90 Å². The first-order valence-corrected chi connectivity index (χ1v) is 11.2.